The van der Waals surface area contributed by atoms with Crippen LogP contribution in [0.5, 0.6) is 11.5 Å². The van der Waals surface area contributed by atoms with Gasteiger partial charge in [-0.25, -0.2) is 8.42 Å². The number of benzene rings is 3. The zero-order valence-electron chi connectivity index (χ0n) is 18.5. The molecule has 0 fully saturated rings. The van der Waals surface area contributed by atoms with Gasteiger partial charge in [0.15, 0.2) is 5.75 Å². The summed E-state index contributed by atoms with van der Waals surface area (Å²) < 4.78 is 70.8. The Morgan fingerprint density at radius 1 is 1.05 bits per heavy atom. The van der Waals surface area contributed by atoms with Crippen LogP contribution < -0.4 is 10.5 Å². The number of H-pyrrole nitrogens is 1. The number of aromatic amines is 1. The molecule has 0 amide bonds. The number of sulfone groups is 1. The fourth-order valence-corrected chi connectivity index (χ4v) is 5.63. The van der Waals surface area contributed by atoms with Crippen molar-refractivity contribution in [1.82, 2.24) is 4.98 Å². The molecule has 1 atom stereocenters. The molecule has 0 unspecified atom stereocenters. The van der Waals surface area contributed by atoms with Crippen molar-refractivity contribution >= 4 is 49.9 Å². The lowest BCUT2D eigenvalue weighted by Crippen LogP contribution is -2.32. The summed E-state index contributed by atoms with van der Waals surface area (Å²) in [5.41, 5.74) is 5.50. The molecule has 4 rings (SSSR count). The molecule has 3 aromatic carbocycles. The van der Waals surface area contributed by atoms with Gasteiger partial charge in [0.05, 0.1) is 25.4 Å². The van der Waals surface area contributed by atoms with Gasteiger partial charge in [-0.3, -0.25) is 4.79 Å². The molecule has 4 aromatic rings. The van der Waals surface area contributed by atoms with Gasteiger partial charge in [-0.15, -0.1) is 0 Å². The van der Waals surface area contributed by atoms with Crippen LogP contribution in [-0.4, -0.2) is 30.5 Å². The standard InChI is InChI=1S/C24H17Cl2F3N2O5S/c25-17-7-12(9-19(30)23(32)33)8-18(26)22(17)36-14-3-6-20-16(10-14)21(11-31-20)37(34,35)15-4-1-13(2-5-15)24(27,28)29/h1-8,10-11,19,31H,9,30H2,(H,32,33)/t19-/m1/s1. The van der Waals surface area contributed by atoms with Crippen molar-refractivity contribution in [3.8, 4) is 11.5 Å². The summed E-state index contributed by atoms with van der Waals surface area (Å²) in [6.07, 6.45) is -3.38. The molecule has 37 heavy (non-hydrogen) atoms. The Morgan fingerprint density at radius 2 is 1.68 bits per heavy atom. The van der Waals surface area contributed by atoms with Crippen LogP contribution in [0.3, 0.4) is 0 Å². The number of hydrogen-bond acceptors (Lipinski definition) is 5. The van der Waals surface area contributed by atoms with Crippen LogP contribution in [0.15, 0.2) is 70.6 Å². The third kappa shape index (κ3) is 5.54. The van der Waals surface area contributed by atoms with Gasteiger partial charge < -0.3 is 20.6 Å². The number of aromatic nitrogens is 1. The van der Waals surface area contributed by atoms with E-state index in [1.165, 1.54) is 30.5 Å². The zero-order valence-corrected chi connectivity index (χ0v) is 20.8. The van der Waals surface area contributed by atoms with Gasteiger partial charge in [-0.1, -0.05) is 23.2 Å². The van der Waals surface area contributed by atoms with E-state index in [1.54, 1.807) is 6.07 Å². The Morgan fingerprint density at radius 3 is 2.24 bits per heavy atom. The van der Waals surface area contributed by atoms with Crippen molar-refractivity contribution in [2.75, 3.05) is 0 Å². The molecule has 194 valence electrons. The van der Waals surface area contributed by atoms with Gasteiger partial charge in [0.2, 0.25) is 9.84 Å². The van der Waals surface area contributed by atoms with Gasteiger partial charge in [-0.05, 0) is 66.6 Å². The largest absolute Gasteiger partial charge is 0.480 e. The molecular formula is C24H17Cl2F3N2O5S. The molecule has 0 saturated heterocycles. The maximum absolute atomic E-state index is 13.2. The van der Waals surface area contributed by atoms with Crippen molar-refractivity contribution in [3.63, 3.8) is 0 Å². The first-order valence-electron chi connectivity index (χ1n) is 10.4. The number of hydrogen-bond donors (Lipinski definition) is 3. The van der Waals surface area contributed by atoms with Crippen molar-refractivity contribution in [2.45, 2.75) is 28.4 Å². The molecule has 1 aromatic heterocycles. The van der Waals surface area contributed by atoms with E-state index in [1.807, 2.05) is 0 Å². The fourth-order valence-electron chi connectivity index (χ4n) is 3.60. The molecule has 0 aliphatic carbocycles. The first kappa shape index (κ1) is 26.8. The average molecular weight is 573 g/mol. The number of carboxylic acid groups (broad SMARTS) is 1. The van der Waals surface area contributed by atoms with Crippen LogP contribution in [0.2, 0.25) is 10.0 Å². The molecule has 1 heterocycles. The number of aliphatic carboxylic acids is 1. The summed E-state index contributed by atoms with van der Waals surface area (Å²) >= 11 is 12.6. The topological polar surface area (TPSA) is 122 Å². The average Bonchev–Trinajstić information content (AvgIpc) is 3.25. The van der Waals surface area contributed by atoms with Crippen molar-refractivity contribution in [2.24, 2.45) is 5.73 Å². The van der Waals surface area contributed by atoms with E-state index >= 15 is 0 Å². The van der Waals surface area contributed by atoms with Crippen LogP contribution in [0, 0.1) is 0 Å². The van der Waals surface area contributed by atoms with Gasteiger partial charge in [0.1, 0.15) is 11.8 Å². The van der Waals surface area contributed by atoms with Crippen molar-refractivity contribution in [3.05, 3.63) is 82.0 Å². The summed E-state index contributed by atoms with van der Waals surface area (Å²) in [6, 6.07) is 9.47. The van der Waals surface area contributed by atoms with Gasteiger partial charge in [0, 0.05) is 17.1 Å². The third-order valence-electron chi connectivity index (χ3n) is 5.45. The fraction of sp³-hybridized carbons (Fsp3) is 0.125. The highest BCUT2D eigenvalue weighted by Crippen LogP contribution is 2.39. The highest BCUT2D eigenvalue weighted by molar-refractivity contribution is 7.91. The van der Waals surface area contributed by atoms with E-state index in [0.29, 0.717) is 23.2 Å². The van der Waals surface area contributed by atoms with Crippen LogP contribution in [0.1, 0.15) is 11.1 Å². The highest BCUT2D eigenvalue weighted by Gasteiger charge is 2.31. The molecule has 0 aliphatic rings. The summed E-state index contributed by atoms with van der Waals surface area (Å²) in [4.78, 5) is 13.4. The van der Waals surface area contributed by atoms with Gasteiger partial charge in [-0.2, -0.15) is 13.2 Å². The smallest absolute Gasteiger partial charge is 0.416 e. The van der Waals surface area contributed by atoms with E-state index in [-0.39, 0.29) is 43.1 Å². The Labute approximate surface area is 218 Å². The lowest BCUT2D eigenvalue weighted by molar-refractivity contribution is -0.139. The zero-order chi connectivity index (χ0) is 27.1. The number of halogens is 5. The van der Waals surface area contributed by atoms with E-state index in [4.69, 9.17) is 38.8 Å². The second-order valence-electron chi connectivity index (χ2n) is 8.03. The lowest BCUT2D eigenvalue weighted by atomic mass is 10.1. The molecule has 7 nitrogen and oxygen atoms in total. The van der Waals surface area contributed by atoms with Gasteiger partial charge >= 0.3 is 12.1 Å². The summed E-state index contributed by atoms with van der Waals surface area (Å²) in [7, 11) is -4.18. The molecule has 13 heteroatoms. The molecule has 0 radical (unpaired) electrons. The lowest BCUT2D eigenvalue weighted by Gasteiger charge is -2.13. The predicted molar refractivity (Wildman–Crippen MR) is 131 cm³/mol. The Kier molecular flexibility index (Phi) is 7.17. The summed E-state index contributed by atoms with van der Waals surface area (Å²) in [5.74, 6) is -0.956. The SMILES string of the molecule is N[C@H](Cc1cc(Cl)c(Oc2ccc3[nH]cc(S(=O)(=O)c4ccc(C(F)(F)F)cc4)c3c2)c(Cl)c1)C(=O)O. The quantitative estimate of drug-likeness (QED) is 0.247. The van der Waals surface area contributed by atoms with Crippen molar-refractivity contribution in [1.29, 1.82) is 0 Å². The third-order valence-corrected chi connectivity index (χ3v) is 7.82. The van der Waals surface area contributed by atoms with Crippen LogP contribution in [-0.2, 0) is 27.2 Å². The van der Waals surface area contributed by atoms with E-state index < -0.39 is 33.6 Å². The second-order valence-corrected chi connectivity index (χ2v) is 10.8. The number of rotatable bonds is 7. The number of carboxylic acids is 1. The normalized spacial score (nSPS) is 13.0. The summed E-state index contributed by atoms with van der Waals surface area (Å²) in [5, 5.41) is 9.37. The predicted octanol–water partition coefficient (Wildman–Crippen LogP) is 6.07. The van der Waals surface area contributed by atoms with E-state index in [9.17, 15) is 26.4 Å². The summed E-state index contributed by atoms with van der Waals surface area (Å²) in [6.45, 7) is 0. The molecule has 0 saturated carbocycles. The monoisotopic (exact) mass is 572 g/mol. The van der Waals surface area contributed by atoms with Gasteiger partial charge in [0.25, 0.3) is 0 Å². The number of nitrogens with one attached hydrogen (secondary N) is 1. The van der Waals surface area contributed by atoms with Crippen LogP contribution in [0.4, 0.5) is 13.2 Å². The molecule has 0 aliphatic heterocycles. The van der Waals surface area contributed by atoms with Crippen LogP contribution >= 0.6 is 23.2 Å². The first-order chi connectivity index (χ1) is 17.3. The highest BCUT2D eigenvalue weighted by atomic mass is 35.5. The number of fused-ring (bicyclic) bond motifs is 1. The number of alkyl halides is 3. The van der Waals surface area contributed by atoms with Crippen molar-refractivity contribution < 1.29 is 36.2 Å². The number of ether oxygens (including phenoxy) is 1. The Balaban J connectivity index is 1.67. The maximum atomic E-state index is 13.2. The Bertz CT molecular complexity index is 1580. The van der Waals surface area contributed by atoms with Crippen LogP contribution in [0.25, 0.3) is 10.9 Å². The minimum atomic E-state index is -4.60. The second kappa shape index (κ2) is 9.90. The molecular weight excluding hydrogens is 556 g/mol. The number of carbonyl (C=O) groups is 1. The molecule has 0 spiro atoms. The minimum Gasteiger partial charge on any atom is -0.480 e. The maximum Gasteiger partial charge on any atom is 0.416 e. The first-order valence-corrected chi connectivity index (χ1v) is 12.7. The number of nitrogens with two attached hydrogens (primary N) is 1. The molecule has 4 N–H and O–H groups in total. The van der Waals surface area contributed by atoms with E-state index in [0.717, 1.165) is 12.1 Å². The Hall–Kier alpha value is -3.25. The molecule has 0 bridgehead atoms. The van der Waals surface area contributed by atoms with E-state index in [2.05, 4.69) is 4.98 Å². The minimum absolute atomic E-state index is 0.0183.